The molecule has 0 aromatic carbocycles. The molecule has 0 bridgehead atoms. The Bertz CT molecular complexity index is 488. The van der Waals surface area contributed by atoms with Crippen molar-refractivity contribution in [2.75, 3.05) is 19.6 Å². The van der Waals surface area contributed by atoms with E-state index in [1.165, 1.54) is 12.8 Å². The van der Waals surface area contributed by atoms with E-state index in [1.807, 2.05) is 18.3 Å². The zero-order valence-electron chi connectivity index (χ0n) is 13.1. The van der Waals surface area contributed by atoms with E-state index in [0.29, 0.717) is 24.2 Å². The normalized spacial score (nSPS) is 21.9. The number of aliphatic hydroxyl groups excluding tert-OH is 1. The quantitative estimate of drug-likeness (QED) is 0.775. The van der Waals surface area contributed by atoms with Gasteiger partial charge in [-0.25, -0.2) is 0 Å². The lowest BCUT2D eigenvalue weighted by Gasteiger charge is -2.26. The fourth-order valence-corrected chi connectivity index (χ4v) is 3.79. The Morgan fingerprint density at radius 1 is 1.32 bits per heavy atom. The number of amides is 1. The predicted molar refractivity (Wildman–Crippen MR) is 85.9 cm³/mol. The molecule has 22 heavy (non-hydrogen) atoms. The highest BCUT2D eigenvalue weighted by Crippen LogP contribution is 2.27. The van der Waals surface area contributed by atoms with Crippen molar-refractivity contribution in [2.45, 2.75) is 50.7 Å². The van der Waals surface area contributed by atoms with Crippen LogP contribution in [0.2, 0.25) is 0 Å². The molecule has 122 valence electrons. The second-order valence-electron chi connectivity index (χ2n) is 6.60. The molecule has 3 rings (SSSR count). The van der Waals surface area contributed by atoms with Crippen molar-refractivity contribution < 1.29 is 9.90 Å². The van der Waals surface area contributed by atoms with Crippen molar-refractivity contribution in [1.82, 2.24) is 15.2 Å². The maximum atomic E-state index is 12.4. The Balaban J connectivity index is 1.56. The van der Waals surface area contributed by atoms with Crippen LogP contribution in [0, 0.1) is 5.92 Å². The molecule has 5 nitrogen and oxygen atoms in total. The van der Waals surface area contributed by atoms with Gasteiger partial charge in [0.15, 0.2) is 0 Å². The third-order valence-corrected chi connectivity index (χ3v) is 5.13. The minimum atomic E-state index is -0.409. The SMILES string of the molecule is O=C(NCC(O)C1CCCC1)c1cccn1C1CCNCC1. The average molecular weight is 305 g/mol. The molecule has 3 N–H and O–H groups in total. The van der Waals surface area contributed by atoms with Crippen molar-refractivity contribution in [1.29, 1.82) is 0 Å². The van der Waals surface area contributed by atoms with E-state index in [9.17, 15) is 9.90 Å². The first-order valence-corrected chi connectivity index (χ1v) is 8.59. The van der Waals surface area contributed by atoms with E-state index in [0.717, 1.165) is 38.8 Å². The minimum absolute atomic E-state index is 0.0689. The van der Waals surface area contributed by atoms with E-state index in [2.05, 4.69) is 15.2 Å². The fraction of sp³-hybridized carbons (Fsp3) is 0.706. The van der Waals surface area contributed by atoms with E-state index in [1.54, 1.807) is 0 Å². The molecule has 2 heterocycles. The van der Waals surface area contributed by atoms with Crippen LogP contribution >= 0.6 is 0 Å². The molecule has 0 spiro atoms. The second kappa shape index (κ2) is 7.29. The summed E-state index contributed by atoms with van der Waals surface area (Å²) in [4.78, 5) is 12.4. The summed E-state index contributed by atoms with van der Waals surface area (Å²) in [7, 11) is 0. The van der Waals surface area contributed by atoms with Gasteiger partial charge in [0.05, 0.1) is 6.10 Å². The Labute approximate surface area is 132 Å². The van der Waals surface area contributed by atoms with E-state index in [-0.39, 0.29) is 5.91 Å². The highest BCUT2D eigenvalue weighted by molar-refractivity contribution is 5.92. The summed E-state index contributed by atoms with van der Waals surface area (Å²) < 4.78 is 2.10. The number of carbonyl (C=O) groups is 1. The summed E-state index contributed by atoms with van der Waals surface area (Å²) in [6.07, 6.45) is 8.28. The standard InChI is InChI=1S/C17H27N3O2/c21-16(13-4-1-2-5-13)12-19-17(22)15-6-3-11-20(15)14-7-9-18-10-8-14/h3,6,11,13-14,16,18,21H,1-2,4-5,7-10,12H2,(H,19,22). The Morgan fingerprint density at radius 2 is 2.05 bits per heavy atom. The molecular weight excluding hydrogens is 278 g/mol. The van der Waals surface area contributed by atoms with Crippen LogP contribution in [-0.2, 0) is 0 Å². The van der Waals surface area contributed by atoms with Gasteiger partial charge < -0.3 is 20.3 Å². The Kier molecular flexibility index (Phi) is 5.16. The Morgan fingerprint density at radius 3 is 2.77 bits per heavy atom. The number of carbonyl (C=O) groups excluding carboxylic acids is 1. The molecule has 1 aromatic heterocycles. The smallest absolute Gasteiger partial charge is 0.268 e. The first-order valence-electron chi connectivity index (χ1n) is 8.59. The molecule has 1 aromatic rings. The molecule has 1 amide bonds. The van der Waals surface area contributed by atoms with Gasteiger partial charge in [0.1, 0.15) is 5.69 Å². The summed E-state index contributed by atoms with van der Waals surface area (Å²) in [6.45, 7) is 2.37. The van der Waals surface area contributed by atoms with Crippen LogP contribution in [0.1, 0.15) is 55.1 Å². The highest BCUT2D eigenvalue weighted by Gasteiger charge is 2.24. The summed E-state index contributed by atoms with van der Waals surface area (Å²) in [5.41, 5.74) is 0.713. The largest absolute Gasteiger partial charge is 0.391 e. The van der Waals surface area contributed by atoms with Crippen molar-refractivity contribution in [2.24, 2.45) is 5.92 Å². The lowest BCUT2D eigenvalue weighted by atomic mass is 10.0. The molecule has 2 aliphatic rings. The molecule has 1 aliphatic carbocycles. The molecule has 1 atom stereocenters. The van der Waals surface area contributed by atoms with Crippen LogP contribution in [0.3, 0.4) is 0 Å². The fourth-order valence-electron chi connectivity index (χ4n) is 3.79. The van der Waals surface area contributed by atoms with Gasteiger partial charge in [-0.15, -0.1) is 0 Å². The van der Waals surface area contributed by atoms with Crippen LogP contribution in [-0.4, -0.2) is 41.3 Å². The van der Waals surface area contributed by atoms with E-state index >= 15 is 0 Å². The van der Waals surface area contributed by atoms with Gasteiger partial charge in [-0.2, -0.15) is 0 Å². The number of aliphatic hydroxyl groups is 1. The molecule has 1 aliphatic heterocycles. The van der Waals surface area contributed by atoms with Gasteiger partial charge in [0.25, 0.3) is 5.91 Å². The third-order valence-electron chi connectivity index (χ3n) is 5.13. The number of nitrogens with one attached hydrogen (secondary N) is 2. The molecule has 2 fully saturated rings. The lowest BCUT2D eigenvalue weighted by Crippen LogP contribution is -2.37. The average Bonchev–Trinajstić information content (AvgIpc) is 3.24. The minimum Gasteiger partial charge on any atom is -0.391 e. The van der Waals surface area contributed by atoms with Gasteiger partial charge >= 0.3 is 0 Å². The number of nitrogens with zero attached hydrogens (tertiary/aromatic N) is 1. The molecule has 1 saturated carbocycles. The number of hydrogen-bond donors (Lipinski definition) is 3. The van der Waals surface area contributed by atoms with Gasteiger partial charge in [0, 0.05) is 18.8 Å². The van der Waals surface area contributed by atoms with E-state index in [4.69, 9.17) is 0 Å². The first-order chi connectivity index (χ1) is 10.8. The molecule has 1 unspecified atom stereocenters. The van der Waals surface area contributed by atoms with Crippen LogP contribution in [0.5, 0.6) is 0 Å². The molecule has 5 heteroatoms. The molecular formula is C17H27N3O2. The maximum Gasteiger partial charge on any atom is 0.268 e. The number of aromatic nitrogens is 1. The maximum absolute atomic E-state index is 12.4. The van der Waals surface area contributed by atoms with Crippen molar-refractivity contribution in [3.63, 3.8) is 0 Å². The lowest BCUT2D eigenvalue weighted by molar-refractivity contribution is 0.0830. The number of hydrogen-bond acceptors (Lipinski definition) is 3. The predicted octanol–water partition coefficient (Wildman–Crippen LogP) is 1.69. The molecule has 0 radical (unpaired) electrons. The van der Waals surface area contributed by atoms with Crippen molar-refractivity contribution in [3.8, 4) is 0 Å². The van der Waals surface area contributed by atoms with Gasteiger partial charge in [-0.1, -0.05) is 12.8 Å². The zero-order valence-corrected chi connectivity index (χ0v) is 13.1. The summed E-state index contributed by atoms with van der Waals surface area (Å²) in [5.74, 6) is 0.289. The van der Waals surface area contributed by atoms with Crippen LogP contribution in [0.4, 0.5) is 0 Å². The van der Waals surface area contributed by atoms with E-state index < -0.39 is 6.10 Å². The van der Waals surface area contributed by atoms with Gasteiger partial charge in [0.2, 0.25) is 0 Å². The highest BCUT2D eigenvalue weighted by atomic mass is 16.3. The Hall–Kier alpha value is -1.33. The van der Waals surface area contributed by atoms with Crippen LogP contribution in [0.25, 0.3) is 0 Å². The van der Waals surface area contributed by atoms with Crippen molar-refractivity contribution in [3.05, 3.63) is 24.0 Å². The number of rotatable bonds is 5. The first kappa shape index (κ1) is 15.6. The van der Waals surface area contributed by atoms with Crippen LogP contribution in [0.15, 0.2) is 18.3 Å². The number of piperidine rings is 1. The topological polar surface area (TPSA) is 66.3 Å². The second-order valence-corrected chi connectivity index (χ2v) is 6.60. The van der Waals surface area contributed by atoms with Gasteiger partial charge in [-0.05, 0) is 56.8 Å². The van der Waals surface area contributed by atoms with Crippen LogP contribution < -0.4 is 10.6 Å². The molecule has 1 saturated heterocycles. The van der Waals surface area contributed by atoms with Gasteiger partial charge in [-0.3, -0.25) is 4.79 Å². The van der Waals surface area contributed by atoms with Crippen molar-refractivity contribution >= 4 is 5.91 Å². The zero-order chi connectivity index (χ0) is 15.4. The summed E-state index contributed by atoms with van der Waals surface area (Å²) in [6, 6.07) is 4.21. The monoisotopic (exact) mass is 305 g/mol. The summed E-state index contributed by atoms with van der Waals surface area (Å²) >= 11 is 0. The third kappa shape index (κ3) is 3.52. The summed E-state index contributed by atoms with van der Waals surface area (Å²) in [5, 5.41) is 16.4.